The third-order valence-electron chi connectivity index (χ3n) is 5.20. The van der Waals surface area contributed by atoms with E-state index in [0.717, 1.165) is 5.56 Å². The maximum Gasteiger partial charge on any atom is 0.295 e. The number of Topliss-reactive ketones (excluding diaryl/α,β-unsaturated/α-hetero) is 1. The van der Waals surface area contributed by atoms with Crippen LogP contribution in [-0.4, -0.2) is 26.6 Å². The van der Waals surface area contributed by atoms with Gasteiger partial charge in [-0.1, -0.05) is 60.7 Å². The molecule has 154 valence electrons. The molecule has 1 fully saturated rings. The van der Waals surface area contributed by atoms with E-state index >= 15 is 0 Å². The van der Waals surface area contributed by atoms with Gasteiger partial charge in [-0.25, -0.2) is 0 Å². The van der Waals surface area contributed by atoms with Crippen molar-refractivity contribution in [3.8, 4) is 0 Å². The van der Waals surface area contributed by atoms with Gasteiger partial charge in [0.15, 0.2) is 0 Å². The van der Waals surface area contributed by atoms with Gasteiger partial charge in [-0.05, 0) is 23.3 Å². The number of benzene rings is 3. The highest BCUT2D eigenvalue weighted by molar-refractivity contribution is 6.46. The molecule has 0 aliphatic carbocycles. The van der Waals surface area contributed by atoms with E-state index in [1.807, 2.05) is 36.4 Å². The number of ketones is 1. The standard InChI is InChI=1S/C24H18N2O5/c27-22(18-11-13-19(14-12-18)26(30)31)20-21(17-9-5-2-6-10-17)25(24(29)23(20)28)15-16-7-3-1-4-8-16/h1-14,21,27H,15H2/b22-20+/t21-/m0/s1. The summed E-state index contributed by atoms with van der Waals surface area (Å²) in [4.78, 5) is 37.7. The lowest BCUT2D eigenvalue weighted by Crippen LogP contribution is -2.29. The third-order valence-corrected chi connectivity index (χ3v) is 5.20. The van der Waals surface area contributed by atoms with Crippen LogP contribution in [0.2, 0.25) is 0 Å². The Morgan fingerprint density at radius 2 is 1.48 bits per heavy atom. The number of hydrogen-bond donors (Lipinski definition) is 1. The number of carbonyl (C=O) groups is 2. The van der Waals surface area contributed by atoms with Crippen LogP contribution in [0.25, 0.3) is 5.76 Å². The summed E-state index contributed by atoms with van der Waals surface area (Å²) in [6.07, 6.45) is 0. The Labute approximate surface area is 178 Å². The average molecular weight is 414 g/mol. The number of nitro groups is 1. The lowest BCUT2D eigenvalue weighted by molar-refractivity contribution is -0.384. The van der Waals surface area contributed by atoms with Crippen molar-refractivity contribution in [1.82, 2.24) is 4.90 Å². The summed E-state index contributed by atoms with van der Waals surface area (Å²) in [5, 5.41) is 21.9. The van der Waals surface area contributed by atoms with E-state index in [-0.39, 0.29) is 29.1 Å². The van der Waals surface area contributed by atoms with Crippen LogP contribution in [-0.2, 0) is 16.1 Å². The first-order valence-electron chi connectivity index (χ1n) is 9.59. The predicted octanol–water partition coefficient (Wildman–Crippen LogP) is 4.22. The SMILES string of the molecule is O=C1C(=O)N(Cc2ccccc2)[C@@H](c2ccccc2)/C1=C(\O)c1ccc([N+](=O)[O-])cc1. The molecule has 31 heavy (non-hydrogen) atoms. The van der Waals surface area contributed by atoms with Crippen LogP contribution >= 0.6 is 0 Å². The highest BCUT2D eigenvalue weighted by atomic mass is 16.6. The summed E-state index contributed by atoms with van der Waals surface area (Å²) < 4.78 is 0. The molecule has 1 saturated heterocycles. The summed E-state index contributed by atoms with van der Waals surface area (Å²) in [6.45, 7) is 0.196. The van der Waals surface area contributed by atoms with Crippen LogP contribution in [0.4, 0.5) is 5.69 Å². The normalized spacial score (nSPS) is 17.7. The molecule has 1 atom stereocenters. The first kappa shape index (κ1) is 20.0. The lowest BCUT2D eigenvalue weighted by atomic mass is 9.95. The molecular formula is C24H18N2O5. The van der Waals surface area contributed by atoms with Crippen LogP contribution in [0.5, 0.6) is 0 Å². The van der Waals surface area contributed by atoms with Gasteiger partial charge in [-0.15, -0.1) is 0 Å². The zero-order valence-electron chi connectivity index (χ0n) is 16.3. The highest BCUT2D eigenvalue weighted by Gasteiger charge is 2.46. The molecule has 4 rings (SSSR count). The van der Waals surface area contributed by atoms with Gasteiger partial charge in [0.25, 0.3) is 17.4 Å². The Bertz CT molecular complexity index is 1170. The maximum absolute atomic E-state index is 13.0. The molecule has 0 spiro atoms. The summed E-state index contributed by atoms with van der Waals surface area (Å²) >= 11 is 0. The van der Waals surface area contributed by atoms with Gasteiger partial charge >= 0.3 is 0 Å². The number of aliphatic hydroxyl groups is 1. The van der Waals surface area contributed by atoms with Crippen molar-refractivity contribution in [1.29, 1.82) is 0 Å². The number of aliphatic hydroxyl groups excluding tert-OH is 1. The summed E-state index contributed by atoms with van der Waals surface area (Å²) in [5.74, 6) is -1.86. The van der Waals surface area contributed by atoms with Crippen LogP contribution in [0, 0.1) is 10.1 Å². The maximum atomic E-state index is 13.0. The predicted molar refractivity (Wildman–Crippen MR) is 114 cm³/mol. The number of nitro benzene ring substituents is 1. The van der Waals surface area contributed by atoms with Crippen molar-refractivity contribution in [2.45, 2.75) is 12.6 Å². The van der Waals surface area contributed by atoms with E-state index in [1.165, 1.54) is 29.2 Å². The van der Waals surface area contributed by atoms with E-state index < -0.39 is 22.7 Å². The molecule has 1 aliphatic rings. The van der Waals surface area contributed by atoms with Gasteiger partial charge in [0, 0.05) is 24.2 Å². The fourth-order valence-electron chi connectivity index (χ4n) is 3.70. The fourth-order valence-corrected chi connectivity index (χ4v) is 3.70. The number of rotatable bonds is 5. The molecule has 1 N–H and O–H groups in total. The number of carbonyl (C=O) groups excluding carboxylic acids is 2. The quantitative estimate of drug-likeness (QED) is 0.222. The minimum Gasteiger partial charge on any atom is -0.507 e. The van der Waals surface area contributed by atoms with E-state index in [4.69, 9.17) is 0 Å². The smallest absolute Gasteiger partial charge is 0.295 e. The number of amides is 1. The Hall–Kier alpha value is -4.26. The first-order chi connectivity index (χ1) is 15.0. The summed E-state index contributed by atoms with van der Waals surface area (Å²) in [7, 11) is 0. The molecule has 0 aromatic heterocycles. The second-order valence-corrected chi connectivity index (χ2v) is 7.13. The summed E-state index contributed by atoms with van der Waals surface area (Å²) in [5.41, 5.74) is 1.58. The zero-order valence-corrected chi connectivity index (χ0v) is 16.3. The van der Waals surface area contributed by atoms with Gasteiger partial charge in [0.1, 0.15) is 5.76 Å². The molecule has 3 aromatic carbocycles. The third kappa shape index (κ3) is 3.81. The van der Waals surface area contributed by atoms with E-state index in [2.05, 4.69) is 0 Å². The van der Waals surface area contributed by atoms with Crippen LogP contribution in [0.3, 0.4) is 0 Å². The van der Waals surface area contributed by atoms with E-state index in [0.29, 0.717) is 5.56 Å². The van der Waals surface area contributed by atoms with E-state index in [1.54, 1.807) is 24.3 Å². The molecule has 0 saturated carbocycles. The largest absolute Gasteiger partial charge is 0.507 e. The Balaban J connectivity index is 1.83. The van der Waals surface area contributed by atoms with Gasteiger partial charge in [-0.2, -0.15) is 0 Å². The van der Waals surface area contributed by atoms with Crippen molar-refractivity contribution in [3.63, 3.8) is 0 Å². The number of non-ortho nitro benzene ring substituents is 1. The van der Waals surface area contributed by atoms with Gasteiger partial charge < -0.3 is 10.0 Å². The van der Waals surface area contributed by atoms with Crippen molar-refractivity contribution in [2.75, 3.05) is 0 Å². The topological polar surface area (TPSA) is 101 Å². The molecule has 0 bridgehead atoms. The second kappa shape index (κ2) is 8.23. The van der Waals surface area contributed by atoms with Crippen LogP contribution < -0.4 is 0 Å². The zero-order chi connectivity index (χ0) is 22.0. The lowest BCUT2D eigenvalue weighted by Gasteiger charge is -2.25. The Morgan fingerprint density at radius 3 is 2.06 bits per heavy atom. The minimum absolute atomic E-state index is 0.0408. The van der Waals surface area contributed by atoms with Crippen molar-refractivity contribution < 1.29 is 19.6 Å². The Kier molecular flexibility index (Phi) is 5.32. The van der Waals surface area contributed by atoms with E-state index in [9.17, 15) is 24.8 Å². The fraction of sp³-hybridized carbons (Fsp3) is 0.0833. The highest BCUT2D eigenvalue weighted by Crippen LogP contribution is 2.40. The van der Waals surface area contributed by atoms with Gasteiger partial charge in [0.2, 0.25) is 0 Å². The molecule has 1 heterocycles. The van der Waals surface area contributed by atoms with Crippen LogP contribution in [0.1, 0.15) is 22.7 Å². The molecule has 1 amide bonds. The number of likely N-dealkylation sites (tertiary alicyclic amines) is 1. The molecule has 0 unspecified atom stereocenters. The average Bonchev–Trinajstić information content (AvgIpc) is 3.05. The monoisotopic (exact) mass is 414 g/mol. The molecule has 7 heteroatoms. The summed E-state index contributed by atoms with van der Waals surface area (Å²) in [6, 6.07) is 22.7. The van der Waals surface area contributed by atoms with Crippen molar-refractivity contribution >= 4 is 23.1 Å². The molecule has 1 aliphatic heterocycles. The van der Waals surface area contributed by atoms with Gasteiger partial charge in [0.05, 0.1) is 16.5 Å². The molecule has 0 radical (unpaired) electrons. The number of hydrogen-bond acceptors (Lipinski definition) is 5. The van der Waals surface area contributed by atoms with Crippen molar-refractivity contribution in [2.24, 2.45) is 0 Å². The molecule has 3 aromatic rings. The van der Waals surface area contributed by atoms with Gasteiger partial charge in [-0.3, -0.25) is 19.7 Å². The minimum atomic E-state index is -0.791. The Morgan fingerprint density at radius 1 is 0.903 bits per heavy atom. The molecule has 7 nitrogen and oxygen atoms in total. The van der Waals surface area contributed by atoms with Crippen molar-refractivity contribution in [3.05, 3.63) is 117 Å². The second-order valence-electron chi connectivity index (χ2n) is 7.13. The first-order valence-corrected chi connectivity index (χ1v) is 9.59. The molecular weight excluding hydrogens is 396 g/mol. The number of nitrogens with zero attached hydrogens (tertiary/aromatic N) is 2. The van der Waals surface area contributed by atoms with Crippen LogP contribution in [0.15, 0.2) is 90.5 Å².